The normalized spacial score (nSPS) is 17.7. The van der Waals surface area contributed by atoms with E-state index >= 15 is 0 Å². The number of para-hydroxylation sites is 1. The Labute approximate surface area is 136 Å². The maximum atomic E-state index is 12.7. The summed E-state index contributed by atoms with van der Waals surface area (Å²) in [4.78, 5) is 16.0. The summed E-state index contributed by atoms with van der Waals surface area (Å²) in [6.07, 6.45) is 0.936. The lowest BCUT2D eigenvalue weighted by Gasteiger charge is -2.28. The molecule has 0 saturated heterocycles. The smallest absolute Gasteiger partial charge is 0.167 e. The minimum Gasteiger partial charge on any atom is -0.387 e. The molecule has 4 heteroatoms. The number of aromatic amines is 1. The van der Waals surface area contributed by atoms with E-state index in [1.165, 1.54) is 0 Å². The van der Waals surface area contributed by atoms with Crippen molar-refractivity contribution in [1.82, 2.24) is 4.98 Å². The summed E-state index contributed by atoms with van der Waals surface area (Å²) >= 11 is 0. The zero-order valence-corrected chi connectivity index (χ0v) is 13.6. The molecule has 1 heterocycles. The number of aliphatic hydroxyl groups is 1. The molecule has 1 unspecified atom stereocenters. The lowest BCUT2D eigenvalue weighted by atomic mass is 9.76. The van der Waals surface area contributed by atoms with Crippen LogP contribution in [0.3, 0.4) is 0 Å². The van der Waals surface area contributed by atoms with E-state index in [1.807, 2.05) is 30.3 Å². The van der Waals surface area contributed by atoms with Gasteiger partial charge < -0.3 is 15.4 Å². The first-order valence-electron chi connectivity index (χ1n) is 7.98. The van der Waals surface area contributed by atoms with Gasteiger partial charge in [0, 0.05) is 17.8 Å². The highest BCUT2D eigenvalue weighted by Gasteiger charge is 2.36. The Kier molecular flexibility index (Phi) is 4.02. The van der Waals surface area contributed by atoms with Gasteiger partial charge in [0.05, 0.1) is 23.0 Å². The fraction of sp³-hybridized carbons (Fsp3) is 0.368. The first-order valence-corrected chi connectivity index (χ1v) is 7.98. The number of nitrogens with one attached hydrogen (secondary N) is 2. The summed E-state index contributed by atoms with van der Waals surface area (Å²) in [5, 5.41) is 13.6. The van der Waals surface area contributed by atoms with Crippen LogP contribution in [0.1, 0.15) is 54.5 Å². The third kappa shape index (κ3) is 3.04. The summed E-state index contributed by atoms with van der Waals surface area (Å²) in [5.74, 6) is 0.119. The second kappa shape index (κ2) is 5.85. The number of ketones is 1. The van der Waals surface area contributed by atoms with Crippen molar-refractivity contribution < 1.29 is 9.90 Å². The number of hydrogen-bond acceptors (Lipinski definition) is 3. The van der Waals surface area contributed by atoms with Gasteiger partial charge in [-0.25, -0.2) is 0 Å². The molecule has 1 aromatic heterocycles. The highest BCUT2D eigenvalue weighted by molar-refractivity contribution is 6.05. The highest BCUT2D eigenvalue weighted by atomic mass is 16.3. The average Bonchev–Trinajstić information content (AvgIpc) is 2.84. The van der Waals surface area contributed by atoms with Crippen molar-refractivity contribution in [3.63, 3.8) is 0 Å². The van der Waals surface area contributed by atoms with Gasteiger partial charge in [-0.05, 0) is 30.4 Å². The van der Waals surface area contributed by atoms with Crippen molar-refractivity contribution in [2.75, 3.05) is 5.32 Å². The lowest BCUT2D eigenvalue weighted by molar-refractivity contribution is 0.0912. The number of aliphatic hydroxyl groups excluding tert-OH is 1. The molecule has 1 aliphatic rings. The summed E-state index contributed by atoms with van der Waals surface area (Å²) < 4.78 is 0. The number of hydrogen-bond donors (Lipinski definition) is 3. The van der Waals surface area contributed by atoms with E-state index in [2.05, 4.69) is 31.1 Å². The van der Waals surface area contributed by atoms with Crippen LogP contribution in [0.2, 0.25) is 0 Å². The van der Waals surface area contributed by atoms with Gasteiger partial charge in [-0.2, -0.15) is 0 Å². The SMILES string of the molecule is [CH2]CC(O)c1[nH]c2c(c1Nc1ccccc1)C(=O)CC(C)(C)C2. The molecule has 0 amide bonds. The molecule has 121 valence electrons. The molecular formula is C19H23N2O2. The van der Waals surface area contributed by atoms with Gasteiger partial charge in [-0.1, -0.05) is 39.0 Å². The second-order valence-corrected chi connectivity index (χ2v) is 7.00. The third-order valence-electron chi connectivity index (χ3n) is 4.33. The Bertz CT molecular complexity index is 716. The Morgan fingerprint density at radius 2 is 2.00 bits per heavy atom. The van der Waals surface area contributed by atoms with Crippen LogP contribution in [0.4, 0.5) is 11.4 Å². The van der Waals surface area contributed by atoms with Gasteiger partial charge in [0.15, 0.2) is 5.78 Å². The summed E-state index contributed by atoms with van der Waals surface area (Å²) in [6, 6.07) is 9.69. The monoisotopic (exact) mass is 311 g/mol. The molecule has 1 aromatic carbocycles. The molecule has 4 nitrogen and oxygen atoms in total. The summed E-state index contributed by atoms with van der Waals surface area (Å²) in [6.45, 7) is 7.97. The Hall–Kier alpha value is -2.07. The van der Waals surface area contributed by atoms with Crippen molar-refractivity contribution >= 4 is 17.2 Å². The van der Waals surface area contributed by atoms with Crippen molar-refractivity contribution in [3.8, 4) is 0 Å². The van der Waals surface area contributed by atoms with Gasteiger partial charge in [-0.15, -0.1) is 0 Å². The third-order valence-corrected chi connectivity index (χ3v) is 4.33. The molecule has 2 aromatic rings. The number of rotatable bonds is 4. The zero-order valence-electron chi connectivity index (χ0n) is 13.6. The first-order chi connectivity index (χ1) is 10.9. The maximum absolute atomic E-state index is 12.7. The molecule has 3 rings (SSSR count). The number of anilines is 2. The predicted octanol–water partition coefficient (Wildman–Crippen LogP) is 4.17. The topological polar surface area (TPSA) is 65.1 Å². The Morgan fingerprint density at radius 3 is 2.65 bits per heavy atom. The molecule has 0 saturated carbocycles. The number of fused-ring (bicyclic) bond motifs is 1. The fourth-order valence-electron chi connectivity index (χ4n) is 3.27. The van der Waals surface area contributed by atoms with Crippen molar-refractivity contribution in [2.45, 2.75) is 39.2 Å². The van der Waals surface area contributed by atoms with Crippen molar-refractivity contribution in [3.05, 3.63) is 54.2 Å². The van der Waals surface area contributed by atoms with E-state index in [4.69, 9.17) is 0 Å². The molecule has 0 aliphatic heterocycles. The van der Waals surface area contributed by atoms with Crippen LogP contribution in [0.5, 0.6) is 0 Å². The number of benzene rings is 1. The second-order valence-electron chi connectivity index (χ2n) is 7.00. The molecule has 0 fully saturated rings. The standard InChI is InChI=1S/C19H23N2O2/c1-4-14(22)17-18(20-12-8-6-5-7-9-12)16-13(21-17)10-19(2,3)11-15(16)23/h5-9,14,20-22H,1,4,10-11H2,2-3H3. The first kappa shape index (κ1) is 15.8. The summed E-state index contributed by atoms with van der Waals surface area (Å²) in [7, 11) is 0. The Balaban J connectivity index is 2.09. The number of H-pyrrole nitrogens is 1. The van der Waals surface area contributed by atoms with Crippen LogP contribution in [0.25, 0.3) is 0 Å². The maximum Gasteiger partial charge on any atom is 0.167 e. The summed E-state index contributed by atoms with van der Waals surface area (Å²) in [5.41, 5.74) is 3.78. The van der Waals surface area contributed by atoms with E-state index in [9.17, 15) is 9.90 Å². The fourth-order valence-corrected chi connectivity index (χ4v) is 3.27. The molecule has 1 aliphatic carbocycles. The van der Waals surface area contributed by atoms with E-state index in [-0.39, 0.29) is 11.2 Å². The number of carbonyl (C=O) groups excluding carboxylic acids is 1. The van der Waals surface area contributed by atoms with Crippen LogP contribution in [-0.4, -0.2) is 15.9 Å². The van der Waals surface area contributed by atoms with E-state index in [1.54, 1.807) is 0 Å². The number of carbonyl (C=O) groups is 1. The molecule has 1 atom stereocenters. The minimum absolute atomic E-state index is 0.0638. The van der Waals surface area contributed by atoms with Gasteiger partial charge >= 0.3 is 0 Å². The van der Waals surface area contributed by atoms with Gasteiger partial charge in [0.2, 0.25) is 0 Å². The van der Waals surface area contributed by atoms with E-state index in [0.717, 1.165) is 17.8 Å². The lowest BCUT2D eigenvalue weighted by Crippen LogP contribution is -2.26. The molecule has 0 spiro atoms. The van der Waals surface area contributed by atoms with Gasteiger partial charge in [0.25, 0.3) is 0 Å². The van der Waals surface area contributed by atoms with E-state index < -0.39 is 6.10 Å². The van der Waals surface area contributed by atoms with Gasteiger partial charge in [-0.3, -0.25) is 4.79 Å². The van der Waals surface area contributed by atoms with Crippen LogP contribution in [-0.2, 0) is 6.42 Å². The van der Waals surface area contributed by atoms with Crippen LogP contribution in [0.15, 0.2) is 30.3 Å². The molecular weight excluding hydrogens is 288 g/mol. The minimum atomic E-state index is -0.720. The van der Waals surface area contributed by atoms with Crippen molar-refractivity contribution in [1.29, 1.82) is 0 Å². The quantitative estimate of drug-likeness (QED) is 0.794. The predicted molar refractivity (Wildman–Crippen MR) is 91.9 cm³/mol. The van der Waals surface area contributed by atoms with Crippen LogP contribution >= 0.6 is 0 Å². The van der Waals surface area contributed by atoms with Crippen molar-refractivity contribution in [2.24, 2.45) is 5.41 Å². The Morgan fingerprint density at radius 1 is 1.30 bits per heavy atom. The van der Waals surface area contributed by atoms with Crippen LogP contribution in [0, 0.1) is 12.3 Å². The highest BCUT2D eigenvalue weighted by Crippen LogP contribution is 2.41. The molecule has 0 bridgehead atoms. The molecule has 23 heavy (non-hydrogen) atoms. The zero-order chi connectivity index (χ0) is 16.6. The molecule has 3 N–H and O–H groups in total. The average molecular weight is 311 g/mol. The van der Waals surface area contributed by atoms with E-state index in [0.29, 0.717) is 29.8 Å². The number of Topliss-reactive ketones (excluding diaryl/α,β-unsaturated/α-hetero) is 1. The van der Waals surface area contributed by atoms with Gasteiger partial charge in [0.1, 0.15) is 0 Å². The number of aromatic nitrogens is 1. The largest absolute Gasteiger partial charge is 0.387 e. The molecule has 1 radical (unpaired) electrons. The van der Waals surface area contributed by atoms with Crippen LogP contribution < -0.4 is 5.32 Å².